The molecule has 0 saturated carbocycles. The van der Waals surface area contributed by atoms with Crippen molar-refractivity contribution >= 4 is 29.8 Å². The van der Waals surface area contributed by atoms with Gasteiger partial charge in [0.15, 0.2) is 0 Å². The lowest BCUT2D eigenvalue weighted by Crippen LogP contribution is -2.48. The molecule has 0 bridgehead atoms. The topological polar surface area (TPSA) is 135 Å². The second-order valence-corrected chi connectivity index (χ2v) is 7.36. The summed E-state index contributed by atoms with van der Waals surface area (Å²) in [6.07, 6.45) is 4.41. The molecule has 0 aromatic heterocycles. The van der Waals surface area contributed by atoms with Crippen LogP contribution in [0.25, 0.3) is 6.08 Å². The van der Waals surface area contributed by atoms with Crippen molar-refractivity contribution in [3.63, 3.8) is 0 Å². The van der Waals surface area contributed by atoms with Gasteiger partial charge >= 0.3 is 11.9 Å². The van der Waals surface area contributed by atoms with E-state index in [0.717, 1.165) is 12.0 Å². The number of nitrogens with zero attached hydrogens (tertiary/aromatic N) is 1. The number of rotatable bonds is 8. The Morgan fingerprint density at radius 1 is 1.12 bits per heavy atom. The summed E-state index contributed by atoms with van der Waals surface area (Å²) in [5.74, 6) is -0.948. The number of benzene rings is 2. The van der Waals surface area contributed by atoms with Crippen molar-refractivity contribution in [2.45, 2.75) is 25.8 Å². The summed E-state index contributed by atoms with van der Waals surface area (Å²) >= 11 is 0. The third-order valence-electron chi connectivity index (χ3n) is 5.01. The highest BCUT2D eigenvalue weighted by atomic mass is 16.5. The normalized spacial score (nSPS) is 15.8. The van der Waals surface area contributed by atoms with E-state index in [-0.39, 0.29) is 17.7 Å². The maximum Gasteiger partial charge on any atom is 0.343 e. The molecule has 9 nitrogen and oxygen atoms in total. The van der Waals surface area contributed by atoms with Crippen molar-refractivity contribution in [2.75, 3.05) is 13.2 Å². The fourth-order valence-corrected chi connectivity index (χ4v) is 3.33. The number of amides is 1. The number of carbonyl (C=O) groups is 3. The molecule has 0 radical (unpaired) electrons. The zero-order chi connectivity index (χ0) is 23.8. The van der Waals surface area contributed by atoms with Crippen LogP contribution < -0.4 is 15.9 Å². The molecular weight excluding hydrogens is 424 g/mol. The SMILES string of the molecule is CCOC(=O)C1CCCN1NC(=O)/C=C/c1ccc(C(=O)Oc2ccc(C(=N)N)cc2)cc1. The second-order valence-electron chi connectivity index (χ2n) is 7.36. The molecule has 1 aliphatic rings. The van der Waals surface area contributed by atoms with Crippen LogP contribution in [0.3, 0.4) is 0 Å². The van der Waals surface area contributed by atoms with Crippen molar-refractivity contribution in [1.82, 2.24) is 10.4 Å². The Bertz CT molecular complexity index is 1050. The Morgan fingerprint density at radius 3 is 2.42 bits per heavy atom. The number of nitrogens with one attached hydrogen (secondary N) is 2. The Morgan fingerprint density at radius 2 is 1.79 bits per heavy atom. The van der Waals surface area contributed by atoms with E-state index in [1.807, 2.05) is 0 Å². The van der Waals surface area contributed by atoms with Gasteiger partial charge in [0.25, 0.3) is 5.91 Å². The Kier molecular flexibility index (Phi) is 7.93. The van der Waals surface area contributed by atoms with E-state index in [1.54, 1.807) is 66.5 Å². The smallest absolute Gasteiger partial charge is 0.343 e. The quantitative estimate of drug-likeness (QED) is 0.185. The first kappa shape index (κ1) is 23.7. The van der Waals surface area contributed by atoms with Crippen LogP contribution in [-0.4, -0.2) is 47.9 Å². The number of hydrazine groups is 1. The summed E-state index contributed by atoms with van der Waals surface area (Å²) < 4.78 is 10.4. The molecule has 9 heteroatoms. The van der Waals surface area contributed by atoms with Crippen LogP contribution in [0.15, 0.2) is 54.6 Å². The van der Waals surface area contributed by atoms with Crippen LogP contribution in [-0.2, 0) is 14.3 Å². The highest BCUT2D eigenvalue weighted by Crippen LogP contribution is 2.17. The number of ether oxygens (including phenoxy) is 2. The van der Waals surface area contributed by atoms with Crippen molar-refractivity contribution in [3.8, 4) is 5.75 Å². The summed E-state index contributed by atoms with van der Waals surface area (Å²) in [6.45, 7) is 2.63. The van der Waals surface area contributed by atoms with Gasteiger partial charge in [0, 0.05) is 18.2 Å². The van der Waals surface area contributed by atoms with Gasteiger partial charge in [-0.05, 0) is 67.8 Å². The monoisotopic (exact) mass is 450 g/mol. The summed E-state index contributed by atoms with van der Waals surface area (Å²) in [6, 6.07) is 12.4. The lowest BCUT2D eigenvalue weighted by atomic mass is 10.1. The molecule has 33 heavy (non-hydrogen) atoms. The van der Waals surface area contributed by atoms with Crippen molar-refractivity contribution in [3.05, 3.63) is 71.3 Å². The van der Waals surface area contributed by atoms with Gasteiger partial charge in [0.05, 0.1) is 12.2 Å². The predicted molar refractivity (Wildman–Crippen MR) is 122 cm³/mol. The summed E-state index contributed by atoms with van der Waals surface area (Å²) in [4.78, 5) is 36.6. The minimum absolute atomic E-state index is 0.0653. The molecule has 2 aromatic rings. The Balaban J connectivity index is 1.54. The zero-order valence-electron chi connectivity index (χ0n) is 18.2. The van der Waals surface area contributed by atoms with Gasteiger partial charge in [-0.3, -0.25) is 20.4 Å². The number of amidine groups is 1. The Hall–Kier alpha value is -3.98. The number of esters is 2. The summed E-state index contributed by atoms with van der Waals surface area (Å²) in [5.41, 5.74) is 9.73. The van der Waals surface area contributed by atoms with Gasteiger partial charge in [-0.15, -0.1) is 0 Å². The van der Waals surface area contributed by atoms with E-state index in [2.05, 4.69) is 5.43 Å². The van der Waals surface area contributed by atoms with Crippen LogP contribution in [0.5, 0.6) is 5.75 Å². The molecule has 4 N–H and O–H groups in total. The number of hydrogen-bond acceptors (Lipinski definition) is 7. The average molecular weight is 450 g/mol. The molecule has 1 fully saturated rings. The van der Waals surface area contributed by atoms with Gasteiger partial charge in [0.1, 0.15) is 17.6 Å². The van der Waals surface area contributed by atoms with Gasteiger partial charge in [-0.1, -0.05) is 12.1 Å². The first-order valence-corrected chi connectivity index (χ1v) is 10.6. The van der Waals surface area contributed by atoms with Crippen molar-refractivity contribution < 1.29 is 23.9 Å². The van der Waals surface area contributed by atoms with Crippen LogP contribution in [0.2, 0.25) is 0 Å². The van der Waals surface area contributed by atoms with Crippen LogP contribution >= 0.6 is 0 Å². The highest BCUT2D eigenvalue weighted by Gasteiger charge is 2.32. The van der Waals surface area contributed by atoms with Gasteiger partial charge in [0.2, 0.25) is 0 Å². The second kappa shape index (κ2) is 11.1. The molecule has 1 atom stereocenters. The fourth-order valence-electron chi connectivity index (χ4n) is 3.33. The third kappa shape index (κ3) is 6.50. The number of nitrogen functional groups attached to an aromatic ring is 1. The molecule has 1 aliphatic heterocycles. The van der Waals surface area contributed by atoms with Gasteiger partial charge in [-0.2, -0.15) is 0 Å². The van der Waals surface area contributed by atoms with E-state index in [1.165, 1.54) is 6.08 Å². The molecule has 2 aromatic carbocycles. The van der Waals surface area contributed by atoms with Crippen LogP contribution in [0.4, 0.5) is 0 Å². The highest BCUT2D eigenvalue weighted by molar-refractivity contribution is 5.95. The zero-order valence-corrected chi connectivity index (χ0v) is 18.2. The molecule has 0 aliphatic carbocycles. The predicted octanol–water partition coefficient (Wildman–Crippen LogP) is 2.26. The van der Waals surface area contributed by atoms with Crippen molar-refractivity contribution in [1.29, 1.82) is 5.41 Å². The average Bonchev–Trinajstić information content (AvgIpc) is 3.26. The minimum Gasteiger partial charge on any atom is -0.465 e. The lowest BCUT2D eigenvalue weighted by molar-refractivity contribution is -0.150. The van der Waals surface area contributed by atoms with E-state index in [0.29, 0.717) is 36.4 Å². The van der Waals surface area contributed by atoms with E-state index in [4.69, 9.17) is 20.6 Å². The molecule has 1 saturated heterocycles. The fraction of sp³-hybridized carbons (Fsp3) is 0.250. The maximum atomic E-state index is 12.3. The largest absolute Gasteiger partial charge is 0.465 e. The van der Waals surface area contributed by atoms with Crippen LogP contribution in [0.1, 0.15) is 41.3 Å². The Labute approximate surface area is 191 Å². The molecule has 172 valence electrons. The molecular formula is C24H26N4O5. The van der Waals surface area contributed by atoms with E-state index >= 15 is 0 Å². The molecule has 3 rings (SSSR count). The minimum atomic E-state index is -0.530. The van der Waals surface area contributed by atoms with E-state index in [9.17, 15) is 14.4 Å². The van der Waals surface area contributed by atoms with Gasteiger partial charge in [-0.25, -0.2) is 9.80 Å². The molecule has 1 amide bonds. The van der Waals surface area contributed by atoms with E-state index < -0.39 is 12.0 Å². The maximum absolute atomic E-state index is 12.3. The molecule has 0 spiro atoms. The molecule has 1 heterocycles. The number of nitrogens with two attached hydrogens (primary N) is 1. The third-order valence-corrected chi connectivity index (χ3v) is 5.01. The van der Waals surface area contributed by atoms with Gasteiger partial charge < -0.3 is 15.2 Å². The number of hydrogen-bond donors (Lipinski definition) is 3. The van der Waals surface area contributed by atoms with Crippen molar-refractivity contribution in [2.24, 2.45) is 5.73 Å². The standard InChI is InChI=1S/C24H26N4O5/c1-2-32-24(31)20-4-3-15-28(20)27-21(29)14-7-16-5-8-18(9-6-16)23(30)33-19-12-10-17(11-13-19)22(25)26/h5-14,20H,2-4,15H2,1H3,(H3,25,26)(H,27,29)/b14-7+. The molecule has 1 unspecified atom stereocenters. The van der Waals surface area contributed by atoms with Crippen LogP contribution in [0, 0.1) is 5.41 Å². The number of carbonyl (C=O) groups excluding carboxylic acids is 3. The lowest BCUT2D eigenvalue weighted by Gasteiger charge is -2.22. The summed E-state index contributed by atoms with van der Waals surface area (Å²) in [5, 5.41) is 8.98. The first-order valence-electron chi connectivity index (χ1n) is 10.6. The first-order chi connectivity index (χ1) is 15.9. The summed E-state index contributed by atoms with van der Waals surface area (Å²) in [7, 11) is 0.